The van der Waals surface area contributed by atoms with Gasteiger partial charge in [0.1, 0.15) is 17.9 Å². The molecule has 156 valence electrons. The van der Waals surface area contributed by atoms with Crippen molar-refractivity contribution in [3.63, 3.8) is 0 Å². The molecule has 5 atom stereocenters. The predicted molar refractivity (Wildman–Crippen MR) is 118 cm³/mol. The molecule has 0 saturated carbocycles. The molecule has 4 nitrogen and oxygen atoms in total. The van der Waals surface area contributed by atoms with E-state index in [9.17, 15) is 5.11 Å². The van der Waals surface area contributed by atoms with Crippen LogP contribution < -0.4 is 4.74 Å². The third-order valence-corrected chi connectivity index (χ3v) is 7.49. The third-order valence-electron chi connectivity index (χ3n) is 7.49. The van der Waals surface area contributed by atoms with Crippen LogP contribution in [0.5, 0.6) is 5.75 Å². The average Bonchev–Trinajstić information content (AvgIpc) is 2.76. The Morgan fingerprint density at radius 1 is 1.34 bits per heavy atom. The van der Waals surface area contributed by atoms with E-state index in [1.165, 1.54) is 19.4 Å². The lowest BCUT2D eigenvalue weighted by Crippen LogP contribution is -2.68. The van der Waals surface area contributed by atoms with E-state index in [1.807, 2.05) is 30.5 Å². The van der Waals surface area contributed by atoms with Crippen molar-refractivity contribution in [1.29, 1.82) is 0 Å². The van der Waals surface area contributed by atoms with Gasteiger partial charge in [0, 0.05) is 30.3 Å². The van der Waals surface area contributed by atoms with E-state index in [4.69, 9.17) is 4.74 Å². The number of aliphatic hydroxyl groups is 1. The van der Waals surface area contributed by atoms with Crippen molar-refractivity contribution >= 4 is 10.9 Å². The summed E-state index contributed by atoms with van der Waals surface area (Å²) in [6.45, 7) is 12.2. The maximum Gasteiger partial charge on any atom is 0.131 e. The van der Waals surface area contributed by atoms with Crippen molar-refractivity contribution in [3.05, 3.63) is 48.7 Å². The molecule has 1 aromatic heterocycles. The van der Waals surface area contributed by atoms with Gasteiger partial charge in [0.25, 0.3) is 0 Å². The monoisotopic (exact) mass is 395 g/mol. The van der Waals surface area contributed by atoms with Gasteiger partial charge in [0.05, 0.1) is 32.3 Å². The van der Waals surface area contributed by atoms with Gasteiger partial charge in [-0.3, -0.25) is 4.98 Å². The minimum absolute atomic E-state index is 0.237. The SMILES string of the molecule is C=CC1C[N+]2(CCC(C)C)CCC1CC2C(O)c1ccnc2ccc(OC)cc12. The van der Waals surface area contributed by atoms with Gasteiger partial charge in [-0.2, -0.15) is 0 Å². The second-order valence-electron chi connectivity index (χ2n) is 9.51. The summed E-state index contributed by atoms with van der Waals surface area (Å²) in [4.78, 5) is 4.51. The Kier molecular flexibility index (Phi) is 5.67. The Labute approximate surface area is 174 Å². The Balaban J connectivity index is 1.72. The fourth-order valence-corrected chi connectivity index (χ4v) is 5.74. The molecule has 3 saturated heterocycles. The zero-order chi connectivity index (χ0) is 20.6. The molecular weight excluding hydrogens is 360 g/mol. The van der Waals surface area contributed by atoms with Crippen molar-refractivity contribution in [2.45, 2.75) is 45.3 Å². The minimum Gasteiger partial charge on any atom is -0.497 e. The van der Waals surface area contributed by atoms with Gasteiger partial charge in [-0.1, -0.05) is 19.9 Å². The summed E-state index contributed by atoms with van der Waals surface area (Å²) in [7, 11) is 1.68. The summed E-state index contributed by atoms with van der Waals surface area (Å²) >= 11 is 0. The van der Waals surface area contributed by atoms with E-state index in [1.54, 1.807) is 7.11 Å². The summed E-state index contributed by atoms with van der Waals surface area (Å²) in [5.74, 6) is 2.70. The fourth-order valence-electron chi connectivity index (χ4n) is 5.74. The molecule has 4 heteroatoms. The summed E-state index contributed by atoms with van der Waals surface area (Å²) in [6, 6.07) is 8.17. The first-order valence-electron chi connectivity index (χ1n) is 11.1. The minimum atomic E-state index is -0.492. The molecule has 3 fully saturated rings. The molecule has 0 aliphatic carbocycles. The zero-order valence-corrected chi connectivity index (χ0v) is 18.1. The van der Waals surface area contributed by atoms with Crippen molar-refractivity contribution in [3.8, 4) is 5.75 Å². The molecule has 0 radical (unpaired) electrons. The highest BCUT2D eigenvalue weighted by Crippen LogP contribution is 2.47. The van der Waals surface area contributed by atoms with Crippen LogP contribution in [0.2, 0.25) is 0 Å². The fraction of sp³-hybridized carbons (Fsp3) is 0.560. The molecular formula is C25H35N2O2+. The van der Waals surface area contributed by atoms with Crippen LogP contribution in [0.1, 0.15) is 44.8 Å². The van der Waals surface area contributed by atoms with E-state index < -0.39 is 6.10 Å². The molecule has 29 heavy (non-hydrogen) atoms. The number of methoxy groups -OCH3 is 1. The number of nitrogens with zero attached hydrogens (tertiary/aromatic N) is 2. The smallest absolute Gasteiger partial charge is 0.131 e. The number of hydrogen-bond donors (Lipinski definition) is 1. The van der Waals surface area contributed by atoms with Crippen LogP contribution in [0, 0.1) is 17.8 Å². The van der Waals surface area contributed by atoms with Gasteiger partial charge in [-0.05, 0) is 48.1 Å². The van der Waals surface area contributed by atoms with E-state index in [2.05, 4.69) is 31.5 Å². The molecule has 4 heterocycles. The number of pyridine rings is 1. The highest BCUT2D eigenvalue weighted by Gasteiger charge is 2.53. The lowest BCUT2D eigenvalue weighted by atomic mass is 9.71. The maximum atomic E-state index is 11.7. The molecule has 0 spiro atoms. The molecule has 1 aromatic carbocycles. The summed E-state index contributed by atoms with van der Waals surface area (Å²) in [6.07, 6.45) is 7.03. The van der Waals surface area contributed by atoms with Crippen molar-refractivity contribution < 1.29 is 14.3 Å². The zero-order valence-electron chi connectivity index (χ0n) is 18.1. The van der Waals surface area contributed by atoms with Gasteiger partial charge in [-0.25, -0.2) is 0 Å². The van der Waals surface area contributed by atoms with Crippen LogP contribution in [-0.4, -0.2) is 47.4 Å². The summed E-state index contributed by atoms with van der Waals surface area (Å²) in [5.41, 5.74) is 1.90. The van der Waals surface area contributed by atoms with Crippen molar-refractivity contribution in [1.82, 2.24) is 4.98 Å². The number of fused-ring (bicyclic) bond motifs is 4. The quantitative estimate of drug-likeness (QED) is 0.544. The summed E-state index contributed by atoms with van der Waals surface area (Å²) < 4.78 is 6.47. The van der Waals surface area contributed by atoms with Gasteiger partial charge < -0.3 is 14.3 Å². The largest absolute Gasteiger partial charge is 0.497 e. The molecule has 5 unspecified atom stereocenters. The lowest BCUT2D eigenvalue weighted by Gasteiger charge is -2.58. The first-order valence-corrected chi connectivity index (χ1v) is 11.1. The van der Waals surface area contributed by atoms with Crippen LogP contribution in [0.25, 0.3) is 10.9 Å². The highest BCUT2D eigenvalue weighted by atomic mass is 16.5. The molecule has 2 aromatic rings. The molecule has 5 rings (SSSR count). The maximum absolute atomic E-state index is 11.7. The summed E-state index contributed by atoms with van der Waals surface area (Å²) in [5, 5.41) is 12.7. The van der Waals surface area contributed by atoms with E-state index in [0.717, 1.165) is 46.2 Å². The van der Waals surface area contributed by atoms with Crippen LogP contribution in [0.4, 0.5) is 0 Å². The first-order chi connectivity index (χ1) is 14.0. The number of quaternary nitrogens is 1. The Morgan fingerprint density at radius 2 is 2.17 bits per heavy atom. The Hall–Kier alpha value is -1.91. The molecule has 0 amide bonds. The highest BCUT2D eigenvalue weighted by molar-refractivity contribution is 5.83. The van der Waals surface area contributed by atoms with Crippen LogP contribution in [0.3, 0.4) is 0 Å². The van der Waals surface area contributed by atoms with Crippen LogP contribution >= 0.6 is 0 Å². The van der Waals surface area contributed by atoms with Crippen molar-refractivity contribution in [2.75, 3.05) is 26.7 Å². The number of hydrogen-bond acceptors (Lipinski definition) is 3. The third kappa shape index (κ3) is 3.69. The normalized spacial score (nSPS) is 29.9. The average molecular weight is 396 g/mol. The first kappa shape index (κ1) is 20.4. The molecule has 2 bridgehead atoms. The number of aliphatic hydroxyl groups excluding tert-OH is 1. The topological polar surface area (TPSA) is 42.4 Å². The number of ether oxygens (including phenoxy) is 1. The van der Waals surface area contributed by atoms with E-state index in [0.29, 0.717) is 17.8 Å². The van der Waals surface area contributed by atoms with Gasteiger partial charge in [0.2, 0.25) is 0 Å². The van der Waals surface area contributed by atoms with Crippen molar-refractivity contribution in [2.24, 2.45) is 17.8 Å². The number of piperidine rings is 3. The second kappa shape index (κ2) is 8.08. The Morgan fingerprint density at radius 3 is 2.90 bits per heavy atom. The molecule has 3 aliphatic heterocycles. The predicted octanol–water partition coefficient (Wildman–Crippen LogP) is 4.73. The Bertz CT molecular complexity index is 880. The second-order valence-corrected chi connectivity index (χ2v) is 9.51. The van der Waals surface area contributed by atoms with Gasteiger partial charge in [-0.15, -0.1) is 6.58 Å². The number of benzene rings is 1. The van der Waals surface area contributed by atoms with E-state index >= 15 is 0 Å². The lowest BCUT2D eigenvalue weighted by molar-refractivity contribution is -0.973. The molecule has 3 aliphatic rings. The van der Waals surface area contributed by atoms with Crippen LogP contribution in [-0.2, 0) is 0 Å². The molecule has 1 N–H and O–H groups in total. The number of rotatable bonds is 7. The number of aromatic nitrogens is 1. The van der Waals surface area contributed by atoms with Gasteiger partial charge >= 0.3 is 0 Å². The van der Waals surface area contributed by atoms with E-state index in [-0.39, 0.29) is 6.04 Å². The van der Waals surface area contributed by atoms with Crippen LogP contribution in [0.15, 0.2) is 43.1 Å². The standard InChI is InChI=1S/C25H35N2O2/c1-5-18-16-27(12-9-17(2)3)13-10-19(18)14-24(27)25(28)21-8-11-26-23-7-6-20(29-4)15-22(21)23/h5-8,11,15,17-19,24-25,28H,1,9-10,12-14,16H2,2-4H3/q+1. The van der Waals surface area contributed by atoms with Gasteiger partial charge in [0.15, 0.2) is 0 Å².